The van der Waals surface area contributed by atoms with E-state index in [-0.39, 0.29) is 0 Å². The third-order valence-electron chi connectivity index (χ3n) is 1.96. The minimum absolute atomic E-state index is 0.314. The van der Waals surface area contributed by atoms with Crippen molar-refractivity contribution < 1.29 is 8.42 Å². The van der Waals surface area contributed by atoms with Gasteiger partial charge in [-0.15, -0.1) is 0 Å². The summed E-state index contributed by atoms with van der Waals surface area (Å²) in [6, 6.07) is 1.55. The SMILES string of the molecule is CN(c1ccncc1N)S(=O)(=O)NC(C)(C)C. The van der Waals surface area contributed by atoms with Gasteiger partial charge < -0.3 is 5.73 Å². The quantitative estimate of drug-likeness (QED) is 0.836. The molecule has 6 nitrogen and oxygen atoms in total. The second kappa shape index (κ2) is 4.50. The number of nitrogen functional groups attached to an aromatic ring is 1. The van der Waals surface area contributed by atoms with E-state index in [1.807, 2.05) is 0 Å². The Labute approximate surface area is 102 Å². The van der Waals surface area contributed by atoms with Crippen molar-refractivity contribution in [3.8, 4) is 0 Å². The molecule has 0 aliphatic carbocycles. The maximum Gasteiger partial charge on any atom is 0.301 e. The fraction of sp³-hybridized carbons (Fsp3) is 0.500. The van der Waals surface area contributed by atoms with Crippen LogP contribution in [0.3, 0.4) is 0 Å². The summed E-state index contributed by atoms with van der Waals surface area (Å²) in [6.07, 6.45) is 2.91. The second-order valence-corrected chi connectivity index (χ2v) is 6.46. The van der Waals surface area contributed by atoms with Crippen molar-refractivity contribution in [2.24, 2.45) is 0 Å². The molecule has 0 amide bonds. The van der Waals surface area contributed by atoms with Crippen LogP contribution in [-0.4, -0.2) is 26.0 Å². The van der Waals surface area contributed by atoms with E-state index in [4.69, 9.17) is 5.73 Å². The Hall–Kier alpha value is -1.34. The number of aromatic nitrogens is 1. The van der Waals surface area contributed by atoms with Gasteiger partial charge in [0.2, 0.25) is 0 Å². The van der Waals surface area contributed by atoms with Crippen LogP contribution in [0.4, 0.5) is 11.4 Å². The van der Waals surface area contributed by atoms with Gasteiger partial charge in [0.05, 0.1) is 17.6 Å². The van der Waals surface area contributed by atoms with Gasteiger partial charge in [0.15, 0.2) is 0 Å². The van der Waals surface area contributed by atoms with E-state index >= 15 is 0 Å². The third kappa shape index (κ3) is 3.57. The maximum absolute atomic E-state index is 12.0. The normalized spacial score (nSPS) is 12.5. The summed E-state index contributed by atoms with van der Waals surface area (Å²) in [5, 5.41) is 0. The van der Waals surface area contributed by atoms with Crippen LogP contribution in [0, 0.1) is 0 Å². The first-order chi connectivity index (χ1) is 7.63. The molecule has 0 spiro atoms. The van der Waals surface area contributed by atoms with Crippen molar-refractivity contribution in [1.82, 2.24) is 9.71 Å². The zero-order valence-electron chi connectivity index (χ0n) is 10.4. The van der Waals surface area contributed by atoms with E-state index in [0.29, 0.717) is 11.4 Å². The van der Waals surface area contributed by atoms with Crippen LogP contribution in [0.2, 0.25) is 0 Å². The summed E-state index contributed by atoms with van der Waals surface area (Å²) in [7, 11) is -2.17. The average molecular weight is 258 g/mol. The molecule has 1 heterocycles. The van der Waals surface area contributed by atoms with E-state index in [1.165, 1.54) is 19.4 Å². The van der Waals surface area contributed by atoms with Gasteiger partial charge in [0, 0.05) is 18.8 Å². The molecular formula is C10H18N4O2S. The van der Waals surface area contributed by atoms with Crippen molar-refractivity contribution >= 4 is 21.6 Å². The number of rotatable bonds is 3. The monoisotopic (exact) mass is 258 g/mol. The van der Waals surface area contributed by atoms with E-state index in [9.17, 15) is 8.42 Å². The smallest absolute Gasteiger partial charge is 0.301 e. The number of anilines is 2. The largest absolute Gasteiger partial charge is 0.396 e. The highest BCUT2D eigenvalue weighted by Crippen LogP contribution is 2.22. The van der Waals surface area contributed by atoms with Crippen LogP contribution >= 0.6 is 0 Å². The molecule has 0 fully saturated rings. The van der Waals surface area contributed by atoms with E-state index in [0.717, 1.165) is 4.31 Å². The van der Waals surface area contributed by atoms with E-state index < -0.39 is 15.7 Å². The number of nitrogens with one attached hydrogen (secondary N) is 1. The molecule has 1 aromatic rings. The van der Waals surface area contributed by atoms with E-state index in [2.05, 4.69) is 9.71 Å². The second-order valence-electron chi connectivity index (χ2n) is 4.76. The lowest BCUT2D eigenvalue weighted by molar-refractivity contribution is 0.490. The molecule has 0 aliphatic heterocycles. The van der Waals surface area contributed by atoms with Gasteiger partial charge >= 0.3 is 10.2 Å². The van der Waals surface area contributed by atoms with Crippen molar-refractivity contribution in [1.29, 1.82) is 0 Å². The molecule has 0 aromatic carbocycles. The average Bonchev–Trinajstić information content (AvgIpc) is 2.13. The topological polar surface area (TPSA) is 88.3 Å². The van der Waals surface area contributed by atoms with Crippen molar-refractivity contribution in [3.05, 3.63) is 18.5 Å². The van der Waals surface area contributed by atoms with Crippen LogP contribution in [0.1, 0.15) is 20.8 Å². The highest BCUT2D eigenvalue weighted by molar-refractivity contribution is 7.90. The maximum atomic E-state index is 12.0. The van der Waals surface area contributed by atoms with Crippen molar-refractivity contribution in [2.45, 2.75) is 26.3 Å². The zero-order chi connectivity index (χ0) is 13.3. The van der Waals surface area contributed by atoms with E-state index in [1.54, 1.807) is 26.8 Å². The zero-order valence-corrected chi connectivity index (χ0v) is 11.2. The Kier molecular flexibility index (Phi) is 3.63. The highest BCUT2D eigenvalue weighted by Gasteiger charge is 2.25. The van der Waals surface area contributed by atoms with Gasteiger partial charge in [-0.25, -0.2) is 0 Å². The van der Waals surface area contributed by atoms with Crippen LogP contribution in [0.25, 0.3) is 0 Å². The predicted molar refractivity (Wildman–Crippen MR) is 68.9 cm³/mol. The lowest BCUT2D eigenvalue weighted by Crippen LogP contribution is -2.47. The Morgan fingerprint density at radius 1 is 1.41 bits per heavy atom. The van der Waals surface area contributed by atoms with Gasteiger partial charge in [0.1, 0.15) is 0 Å². The van der Waals surface area contributed by atoms with Gasteiger partial charge in [-0.2, -0.15) is 13.1 Å². The molecular weight excluding hydrogens is 240 g/mol. The first-order valence-electron chi connectivity index (χ1n) is 5.11. The molecule has 0 radical (unpaired) electrons. The number of hydrogen-bond acceptors (Lipinski definition) is 4. The van der Waals surface area contributed by atoms with Gasteiger partial charge in [-0.05, 0) is 26.8 Å². The van der Waals surface area contributed by atoms with Crippen LogP contribution in [0.15, 0.2) is 18.5 Å². The Morgan fingerprint density at radius 2 is 2.00 bits per heavy atom. The molecule has 17 heavy (non-hydrogen) atoms. The van der Waals surface area contributed by atoms with Gasteiger partial charge in [0.25, 0.3) is 0 Å². The van der Waals surface area contributed by atoms with Gasteiger partial charge in [-0.3, -0.25) is 9.29 Å². The van der Waals surface area contributed by atoms with Crippen LogP contribution < -0.4 is 14.8 Å². The first kappa shape index (κ1) is 13.7. The molecule has 3 N–H and O–H groups in total. The van der Waals surface area contributed by atoms with Crippen LogP contribution in [0.5, 0.6) is 0 Å². The molecule has 7 heteroatoms. The highest BCUT2D eigenvalue weighted by atomic mass is 32.2. The minimum Gasteiger partial charge on any atom is -0.396 e. The molecule has 0 unspecified atom stereocenters. The number of nitrogens with zero attached hydrogens (tertiary/aromatic N) is 2. The Morgan fingerprint density at radius 3 is 2.47 bits per heavy atom. The van der Waals surface area contributed by atoms with Crippen molar-refractivity contribution in [2.75, 3.05) is 17.1 Å². The minimum atomic E-state index is -3.62. The van der Waals surface area contributed by atoms with Crippen molar-refractivity contribution in [3.63, 3.8) is 0 Å². The Balaban J connectivity index is 3.06. The molecule has 0 saturated carbocycles. The molecule has 1 aromatic heterocycles. The third-order valence-corrected chi connectivity index (χ3v) is 3.75. The molecule has 0 atom stereocenters. The van der Waals surface area contributed by atoms with Gasteiger partial charge in [-0.1, -0.05) is 0 Å². The standard InChI is InChI=1S/C10H18N4O2S/c1-10(2,3)13-17(15,16)14(4)9-5-6-12-7-8(9)11/h5-7,13H,11H2,1-4H3. The number of nitrogens with two attached hydrogens (primary N) is 1. The number of hydrogen-bond donors (Lipinski definition) is 2. The molecule has 1 rings (SSSR count). The first-order valence-corrected chi connectivity index (χ1v) is 6.55. The molecule has 0 saturated heterocycles. The van der Waals surface area contributed by atoms with Crippen LogP contribution in [-0.2, 0) is 10.2 Å². The molecule has 96 valence electrons. The summed E-state index contributed by atoms with van der Waals surface area (Å²) in [6.45, 7) is 5.32. The summed E-state index contributed by atoms with van der Waals surface area (Å²) < 4.78 is 27.7. The molecule has 0 aliphatic rings. The molecule has 0 bridgehead atoms. The summed E-state index contributed by atoms with van der Waals surface area (Å²) in [5.41, 5.74) is 5.85. The predicted octanol–water partition coefficient (Wildman–Crippen LogP) is 0.733. The fourth-order valence-corrected chi connectivity index (χ4v) is 2.61. The summed E-state index contributed by atoms with van der Waals surface area (Å²) in [4.78, 5) is 3.82. The fourth-order valence-electron chi connectivity index (χ4n) is 1.27. The number of pyridine rings is 1. The summed E-state index contributed by atoms with van der Waals surface area (Å²) in [5.74, 6) is 0. The lowest BCUT2D eigenvalue weighted by atomic mass is 10.1. The lowest BCUT2D eigenvalue weighted by Gasteiger charge is -2.27. The summed E-state index contributed by atoms with van der Waals surface area (Å²) >= 11 is 0. The Bertz CT molecular complexity index is 493.